The summed E-state index contributed by atoms with van der Waals surface area (Å²) in [5.41, 5.74) is 1.97. The first-order valence-corrected chi connectivity index (χ1v) is 8.82. The Morgan fingerprint density at radius 1 is 1.18 bits per heavy atom. The molecule has 144 valence electrons. The first-order valence-electron chi connectivity index (χ1n) is 8.82. The Kier molecular flexibility index (Phi) is 5.74. The van der Waals surface area contributed by atoms with Crippen LogP contribution in [0.15, 0.2) is 54.6 Å². The molecule has 2 aromatic rings. The van der Waals surface area contributed by atoms with E-state index in [1.807, 2.05) is 12.1 Å². The Hall–Kier alpha value is -3.61. The van der Waals surface area contributed by atoms with Gasteiger partial charge in [-0.05, 0) is 42.8 Å². The number of anilines is 2. The number of ether oxygens (including phenoxy) is 1. The molecular weight excluding hydrogens is 360 g/mol. The average molecular weight is 380 g/mol. The lowest BCUT2D eigenvalue weighted by atomic mass is 10.1. The van der Waals surface area contributed by atoms with E-state index in [2.05, 4.69) is 5.32 Å². The molecule has 1 aliphatic rings. The molecule has 1 unspecified atom stereocenters. The molecule has 0 saturated heterocycles. The zero-order valence-electron chi connectivity index (χ0n) is 15.3. The minimum atomic E-state index is -1.02. The van der Waals surface area contributed by atoms with E-state index in [9.17, 15) is 14.4 Å². The fourth-order valence-electron chi connectivity index (χ4n) is 2.87. The highest BCUT2D eigenvalue weighted by Gasteiger charge is 2.31. The maximum Gasteiger partial charge on any atom is 0.328 e. The van der Waals surface area contributed by atoms with Crippen molar-refractivity contribution in [3.05, 3.63) is 60.2 Å². The fourth-order valence-corrected chi connectivity index (χ4v) is 2.87. The molecule has 1 heterocycles. The van der Waals surface area contributed by atoms with E-state index in [-0.39, 0.29) is 24.8 Å². The number of para-hydroxylation sites is 2. The van der Waals surface area contributed by atoms with Gasteiger partial charge in [-0.25, -0.2) is 4.79 Å². The molecule has 0 saturated carbocycles. The molecule has 1 atom stereocenters. The van der Waals surface area contributed by atoms with E-state index in [1.54, 1.807) is 48.2 Å². The number of carboxylic acids is 1. The molecule has 28 heavy (non-hydrogen) atoms. The van der Waals surface area contributed by atoms with E-state index in [0.29, 0.717) is 22.7 Å². The number of carboxylic acid groups (broad SMARTS) is 1. The molecule has 0 aromatic heterocycles. The Labute approximate surface area is 162 Å². The predicted octanol–water partition coefficient (Wildman–Crippen LogP) is 2.93. The summed E-state index contributed by atoms with van der Waals surface area (Å²) < 4.78 is 5.59. The zero-order valence-corrected chi connectivity index (χ0v) is 15.3. The van der Waals surface area contributed by atoms with Crippen molar-refractivity contribution in [2.75, 3.05) is 16.8 Å². The normalized spacial score (nSPS) is 15.8. The van der Waals surface area contributed by atoms with Crippen molar-refractivity contribution >= 4 is 35.2 Å². The lowest BCUT2D eigenvalue weighted by Crippen LogP contribution is -2.45. The van der Waals surface area contributed by atoms with Crippen LogP contribution < -0.4 is 15.0 Å². The SMILES string of the molecule is CC1Oc2ccccc2N(CCC(=O)Nc2ccc(C=CC(=O)O)cc2)C1=O. The predicted molar refractivity (Wildman–Crippen MR) is 105 cm³/mol. The standard InChI is InChI=1S/C21H20N2O5/c1-14-21(27)23(17-4-2-3-5-18(17)28-14)13-12-19(24)22-16-9-6-15(7-10-16)8-11-20(25)26/h2-11,14H,12-13H2,1H3,(H,22,24)(H,25,26). The minimum Gasteiger partial charge on any atom is -0.479 e. The third kappa shape index (κ3) is 4.56. The van der Waals surface area contributed by atoms with Crippen LogP contribution in [0.3, 0.4) is 0 Å². The fraction of sp³-hybridized carbons (Fsp3) is 0.190. The smallest absolute Gasteiger partial charge is 0.328 e. The van der Waals surface area contributed by atoms with Crippen LogP contribution in [0.5, 0.6) is 5.75 Å². The molecule has 7 heteroatoms. The highest BCUT2D eigenvalue weighted by Crippen LogP contribution is 2.33. The molecule has 0 radical (unpaired) electrons. The Morgan fingerprint density at radius 3 is 2.61 bits per heavy atom. The van der Waals surface area contributed by atoms with Gasteiger partial charge in [0.25, 0.3) is 5.91 Å². The van der Waals surface area contributed by atoms with Gasteiger partial charge in [0.15, 0.2) is 6.10 Å². The van der Waals surface area contributed by atoms with E-state index in [4.69, 9.17) is 9.84 Å². The topological polar surface area (TPSA) is 95.9 Å². The van der Waals surface area contributed by atoms with Gasteiger partial charge in [-0.3, -0.25) is 9.59 Å². The molecule has 0 aliphatic carbocycles. The van der Waals surface area contributed by atoms with Gasteiger partial charge in [0.05, 0.1) is 5.69 Å². The second-order valence-corrected chi connectivity index (χ2v) is 6.31. The first kappa shape index (κ1) is 19.2. The van der Waals surface area contributed by atoms with Crippen molar-refractivity contribution < 1.29 is 24.2 Å². The van der Waals surface area contributed by atoms with Crippen LogP contribution in [0.2, 0.25) is 0 Å². The molecule has 0 spiro atoms. The van der Waals surface area contributed by atoms with Crippen molar-refractivity contribution in [1.29, 1.82) is 0 Å². The summed E-state index contributed by atoms with van der Waals surface area (Å²) in [5.74, 6) is -0.801. The molecule has 0 bridgehead atoms. The third-order valence-electron chi connectivity index (χ3n) is 4.25. The summed E-state index contributed by atoms with van der Waals surface area (Å²) in [6.45, 7) is 1.93. The minimum absolute atomic E-state index is 0.132. The monoisotopic (exact) mass is 380 g/mol. The number of nitrogens with zero attached hydrogens (tertiary/aromatic N) is 1. The van der Waals surface area contributed by atoms with Crippen molar-refractivity contribution in [3.8, 4) is 5.75 Å². The van der Waals surface area contributed by atoms with Gasteiger partial charge >= 0.3 is 5.97 Å². The maximum absolute atomic E-state index is 12.4. The van der Waals surface area contributed by atoms with Crippen molar-refractivity contribution in [2.24, 2.45) is 0 Å². The number of hydrogen-bond donors (Lipinski definition) is 2. The second kappa shape index (κ2) is 8.39. The first-order chi connectivity index (χ1) is 13.4. The number of aliphatic carboxylic acids is 1. The van der Waals surface area contributed by atoms with E-state index < -0.39 is 12.1 Å². The lowest BCUT2D eigenvalue weighted by Gasteiger charge is -2.32. The van der Waals surface area contributed by atoms with Crippen molar-refractivity contribution in [1.82, 2.24) is 0 Å². The van der Waals surface area contributed by atoms with Gasteiger partial charge in [0, 0.05) is 24.7 Å². The van der Waals surface area contributed by atoms with Gasteiger partial charge in [-0.2, -0.15) is 0 Å². The van der Waals surface area contributed by atoms with Gasteiger partial charge in [0.1, 0.15) is 5.75 Å². The van der Waals surface area contributed by atoms with Crippen molar-refractivity contribution in [2.45, 2.75) is 19.4 Å². The molecule has 2 aromatic carbocycles. The number of amides is 2. The number of carbonyl (C=O) groups is 3. The van der Waals surface area contributed by atoms with Crippen LogP contribution in [0, 0.1) is 0 Å². The van der Waals surface area contributed by atoms with Gasteiger partial charge in [-0.1, -0.05) is 24.3 Å². The molecule has 2 N–H and O–H groups in total. The van der Waals surface area contributed by atoms with Crippen LogP contribution in [-0.4, -0.2) is 35.5 Å². The van der Waals surface area contributed by atoms with Crippen LogP contribution in [0.4, 0.5) is 11.4 Å². The summed E-state index contributed by atoms with van der Waals surface area (Å²) >= 11 is 0. The molecule has 3 rings (SSSR count). The number of benzene rings is 2. The molecule has 2 amide bonds. The van der Waals surface area contributed by atoms with E-state index in [1.165, 1.54) is 6.08 Å². The van der Waals surface area contributed by atoms with Gasteiger partial charge < -0.3 is 20.1 Å². The maximum atomic E-state index is 12.4. The van der Waals surface area contributed by atoms with Crippen LogP contribution in [-0.2, 0) is 14.4 Å². The Bertz CT molecular complexity index is 921. The summed E-state index contributed by atoms with van der Waals surface area (Å²) in [7, 11) is 0. The third-order valence-corrected chi connectivity index (χ3v) is 4.25. The average Bonchev–Trinajstić information content (AvgIpc) is 2.68. The summed E-state index contributed by atoms with van der Waals surface area (Å²) in [6.07, 6.45) is 2.06. The molecule has 1 aliphatic heterocycles. The summed E-state index contributed by atoms with van der Waals surface area (Å²) in [5, 5.41) is 11.4. The lowest BCUT2D eigenvalue weighted by molar-refractivity contribution is -0.131. The highest BCUT2D eigenvalue weighted by molar-refractivity contribution is 6.00. The number of hydrogen-bond acceptors (Lipinski definition) is 4. The summed E-state index contributed by atoms with van der Waals surface area (Å²) in [4.78, 5) is 36.8. The van der Waals surface area contributed by atoms with Crippen molar-refractivity contribution in [3.63, 3.8) is 0 Å². The van der Waals surface area contributed by atoms with Crippen LogP contribution in [0.1, 0.15) is 18.9 Å². The second-order valence-electron chi connectivity index (χ2n) is 6.31. The highest BCUT2D eigenvalue weighted by atomic mass is 16.5. The number of nitrogens with one attached hydrogen (secondary N) is 1. The summed E-state index contributed by atoms with van der Waals surface area (Å²) in [6, 6.07) is 14.0. The number of carbonyl (C=O) groups excluding carboxylic acids is 2. The molecule has 0 fully saturated rings. The van der Waals surface area contributed by atoms with Gasteiger partial charge in [-0.15, -0.1) is 0 Å². The zero-order chi connectivity index (χ0) is 20.1. The number of rotatable bonds is 6. The molecular formula is C21H20N2O5. The molecule has 7 nitrogen and oxygen atoms in total. The quantitative estimate of drug-likeness (QED) is 0.751. The van der Waals surface area contributed by atoms with Crippen LogP contribution >= 0.6 is 0 Å². The van der Waals surface area contributed by atoms with Gasteiger partial charge in [0.2, 0.25) is 5.91 Å². The Balaban J connectivity index is 1.60. The van der Waals surface area contributed by atoms with E-state index >= 15 is 0 Å². The number of fused-ring (bicyclic) bond motifs is 1. The largest absolute Gasteiger partial charge is 0.479 e. The van der Waals surface area contributed by atoms with Crippen LogP contribution in [0.25, 0.3) is 6.08 Å². The van der Waals surface area contributed by atoms with E-state index in [0.717, 1.165) is 6.08 Å². The Morgan fingerprint density at radius 2 is 1.89 bits per heavy atom.